The molecule has 1 heterocycles. The van der Waals surface area contributed by atoms with Crippen LogP contribution in [0.1, 0.15) is 29.1 Å². The number of carbonyl (C=O) groups is 2. The van der Waals surface area contributed by atoms with Gasteiger partial charge in [0.1, 0.15) is 11.4 Å². The number of amides is 1. The van der Waals surface area contributed by atoms with Gasteiger partial charge in [-0.3, -0.25) is 4.79 Å². The van der Waals surface area contributed by atoms with E-state index in [1.54, 1.807) is 48.5 Å². The molecule has 4 aromatic rings. The fourth-order valence-electron chi connectivity index (χ4n) is 3.30. The summed E-state index contributed by atoms with van der Waals surface area (Å²) >= 11 is 0. The van der Waals surface area contributed by atoms with E-state index in [9.17, 15) is 9.59 Å². The Hall–Kier alpha value is -4.06. The summed E-state index contributed by atoms with van der Waals surface area (Å²) in [4.78, 5) is 29.1. The van der Waals surface area contributed by atoms with E-state index in [0.29, 0.717) is 23.6 Å². The highest BCUT2D eigenvalue weighted by molar-refractivity contribution is 6.00. The standard InChI is InChI=1S/C25H22N2O4/c1-2-30-22-15-9-8-14-20(22)27-24(28)23(17-10-4-3-5-11-17)31-25(29)21-16-18-12-6-7-13-19(18)26-21/h3-16,23,26H,2H2,1H3,(H,27,28)/t23-/m0/s1. The number of carbonyl (C=O) groups excluding carboxylic acids is 2. The molecule has 0 bridgehead atoms. The van der Waals surface area contributed by atoms with Crippen molar-refractivity contribution in [3.05, 3.63) is 96.2 Å². The zero-order valence-electron chi connectivity index (χ0n) is 17.0. The van der Waals surface area contributed by atoms with Crippen LogP contribution in [0.5, 0.6) is 5.75 Å². The average Bonchev–Trinajstić information content (AvgIpc) is 3.24. The van der Waals surface area contributed by atoms with Crippen molar-refractivity contribution in [3.8, 4) is 5.75 Å². The highest BCUT2D eigenvalue weighted by atomic mass is 16.5. The topological polar surface area (TPSA) is 80.4 Å². The zero-order chi connectivity index (χ0) is 21.6. The molecule has 31 heavy (non-hydrogen) atoms. The summed E-state index contributed by atoms with van der Waals surface area (Å²) in [5, 5.41) is 3.72. The second-order valence-corrected chi connectivity index (χ2v) is 6.88. The molecule has 3 aromatic carbocycles. The minimum Gasteiger partial charge on any atom is -0.492 e. The number of para-hydroxylation sites is 3. The molecule has 0 saturated heterocycles. The second-order valence-electron chi connectivity index (χ2n) is 6.88. The smallest absolute Gasteiger partial charge is 0.355 e. The van der Waals surface area contributed by atoms with Crippen LogP contribution in [0.25, 0.3) is 10.9 Å². The molecule has 1 aromatic heterocycles. The molecule has 0 aliphatic rings. The average molecular weight is 414 g/mol. The Balaban J connectivity index is 1.60. The first kappa shape index (κ1) is 20.2. The molecule has 1 amide bonds. The Morgan fingerprint density at radius 1 is 0.935 bits per heavy atom. The summed E-state index contributed by atoms with van der Waals surface area (Å²) in [5.41, 5.74) is 2.18. The highest BCUT2D eigenvalue weighted by Gasteiger charge is 2.27. The van der Waals surface area contributed by atoms with Gasteiger partial charge in [-0.25, -0.2) is 4.79 Å². The summed E-state index contributed by atoms with van der Waals surface area (Å²) < 4.78 is 11.2. The predicted molar refractivity (Wildman–Crippen MR) is 119 cm³/mol. The number of anilines is 1. The molecule has 0 spiro atoms. The van der Waals surface area contributed by atoms with Crippen molar-refractivity contribution in [1.82, 2.24) is 4.98 Å². The summed E-state index contributed by atoms with van der Waals surface area (Å²) in [7, 11) is 0. The minimum absolute atomic E-state index is 0.282. The molecule has 0 saturated carbocycles. The molecule has 0 unspecified atom stereocenters. The summed E-state index contributed by atoms with van der Waals surface area (Å²) in [6.45, 7) is 2.33. The van der Waals surface area contributed by atoms with E-state index in [1.807, 2.05) is 43.3 Å². The number of aromatic nitrogens is 1. The van der Waals surface area contributed by atoms with Gasteiger partial charge in [0.2, 0.25) is 6.10 Å². The Morgan fingerprint density at radius 3 is 2.42 bits per heavy atom. The van der Waals surface area contributed by atoms with Crippen LogP contribution in [0.2, 0.25) is 0 Å². The van der Waals surface area contributed by atoms with Gasteiger partial charge in [0.25, 0.3) is 5.91 Å². The molecule has 0 aliphatic heterocycles. The van der Waals surface area contributed by atoms with Crippen molar-refractivity contribution in [2.45, 2.75) is 13.0 Å². The zero-order valence-corrected chi connectivity index (χ0v) is 17.0. The number of H-pyrrole nitrogens is 1. The third kappa shape index (κ3) is 4.59. The third-order valence-electron chi connectivity index (χ3n) is 4.76. The monoisotopic (exact) mass is 414 g/mol. The number of benzene rings is 3. The largest absolute Gasteiger partial charge is 0.492 e. The van der Waals surface area contributed by atoms with Crippen molar-refractivity contribution in [3.63, 3.8) is 0 Å². The van der Waals surface area contributed by atoms with Gasteiger partial charge in [-0.1, -0.05) is 60.7 Å². The van der Waals surface area contributed by atoms with Gasteiger partial charge in [-0.2, -0.15) is 0 Å². The molecular weight excluding hydrogens is 392 g/mol. The molecule has 0 aliphatic carbocycles. The first-order valence-electron chi connectivity index (χ1n) is 10.0. The van der Waals surface area contributed by atoms with Crippen LogP contribution in [-0.4, -0.2) is 23.5 Å². The molecule has 6 nitrogen and oxygen atoms in total. The number of ether oxygens (including phenoxy) is 2. The first-order valence-corrected chi connectivity index (χ1v) is 10.0. The SMILES string of the molecule is CCOc1ccccc1NC(=O)[C@@H](OC(=O)c1cc2ccccc2[nH]1)c1ccccc1. The van der Waals surface area contributed by atoms with Gasteiger partial charge in [0.15, 0.2) is 0 Å². The van der Waals surface area contributed by atoms with Crippen LogP contribution in [-0.2, 0) is 9.53 Å². The van der Waals surface area contributed by atoms with Crippen LogP contribution < -0.4 is 10.1 Å². The van der Waals surface area contributed by atoms with Crippen molar-refractivity contribution in [1.29, 1.82) is 0 Å². The van der Waals surface area contributed by atoms with Crippen LogP contribution >= 0.6 is 0 Å². The molecule has 2 N–H and O–H groups in total. The van der Waals surface area contributed by atoms with Gasteiger partial charge in [-0.05, 0) is 31.2 Å². The van der Waals surface area contributed by atoms with Crippen molar-refractivity contribution < 1.29 is 19.1 Å². The van der Waals surface area contributed by atoms with E-state index < -0.39 is 18.0 Å². The predicted octanol–water partition coefficient (Wildman–Crippen LogP) is 5.10. The maximum absolute atomic E-state index is 13.2. The molecule has 6 heteroatoms. The van der Waals surface area contributed by atoms with Crippen LogP contribution in [0.3, 0.4) is 0 Å². The Morgan fingerprint density at radius 2 is 1.65 bits per heavy atom. The second kappa shape index (κ2) is 9.17. The molecular formula is C25H22N2O4. The number of nitrogens with one attached hydrogen (secondary N) is 2. The molecule has 0 radical (unpaired) electrons. The van der Waals surface area contributed by atoms with Crippen molar-refractivity contribution in [2.24, 2.45) is 0 Å². The third-order valence-corrected chi connectivity index (χ3v) is 4.76. The van der Waals surface area contributed by atoms with Crippen LogP contribution in [0.15, 0.2) is 84.9 Å². The lowest BCUT2D eigenvalue weighted by atomic mass is 10.1. The van der Waals surface area contributed by atoms with Gasteiger partial charge < -0.3 is 19.8 Å². The van der Waals surface area contributed by atoms with Crippen molar-refractivity contribution in [2.75, 3.05) is 11.9 Å². The number of aromatic amines is 1. The van der Waals surface area contributed by atoms with Gasteiger partial charge in [0, 0.05) is 16.5 Å². The molecule has 156 valence electrons. The Labute approximate surface area is 179 Å². The fourth-order valence-corrected chi connectivity index (χ4v) is 3.30. The quantitative estimate of drug-likeness (QED) is 0.412. The van der Waals surface area contributed by atoms with E-state index >= 15 is 0 Å². The minimum atomic E-state index is -1.13. The Bertz CT molecular complexity index is 1170. The number of hydrogen-bond acceptors (Lipinski definition) is 4. The van der Waals surface area contributed by atoms with Gasteiger partial charge in [0.05, 0.1) is 12.3 Å². The number of rotatable bonds is 7. The van der Waals surface area contributed by atoms with E-state index in [-0.39, 0.29) is 5.69 Å². The van der Waals surface area contributed by atoms with Gasteiger partial charge in [-0.15, -0.1) is 0 Å². The summed E-state index contributed by atoms with van der Waals surface area (Å²) in [6.07, 6.45) is -1.13. The first-order chi connectivity index (χ1) is 15.2. The molecule has 4 rings (SSSR count). The summed E-state index contributed by atoms with van der Waals surface area (Å²) in [6, 6.07) is 25.3. The molecule has 1 atom stereocenters. The lowest BCUT2D eigenvalue weighted by Gasteiger charge is -2.19. The number of hydrogen-bond donors (Lipinski definition) is 2. The maximum Gasteiger partial charge on any atom is 0.355 e. The van der Waals surface area contributed by atoms with Gasteiger partial charge >= 0.3 is 5.97 Å². The number of esters is 1. The lowest BCUT2D eigenvalue weighted by Crippen LogP contribution is -2.26. The Kier molecular flexibility index (Phi) is 5.98. The lowest BCUT2D eigenvalue weighted by molar-refractivity contribution is -0.125. The fraction of sp³-hybridized carbons (Fsp3) is 0.120. The normalized spacial score (nSPS) is 11.6. The van der Waals surface area contributed by atoms with E-state index in [0.717, 1.165) is 10.9 Å². The van der Waals surface area contributed by atoms with E-state index in [1.165, 1.54) is 0 Å². The van der Waals surface area contributed by atoms with E-state index in [4.69, 9.17) is 9.47 Å². The maximum atomic E-state index is 13.2. The highest BCUT2D eigenvalue weighted by Crippen LogP contribution is 2.27. The van der Waals surface area contributed by atoms with E-state index in [2.05, 4.69) is 10.3 Å². The molecule has 0 fully saturated rings. The van der Waals surface area contributed by atoms with Crippen molar-refractivity contribution >= 4 is 28.5 Å². The summed E-state index contributed by atoms with van der Waals surface area (Å²) in [5.74, 6) is -0.534. The van der Waals surface area contributed by atoms with Crippen LogP contribution in [0, 0.1) is 0 Å². The van der Waals surface area contributed by atoms with Crippen LogP contribution in [0.4, 0.5) is 5.69 Å². The number of fused-ring (bicyclic) bond motifs is 1.